The Morgan fingerprint density at radius 2 is 1.74 bits per heavy atom. The molecule has 0 radical (unpaired) electrons. The van der Waals surface area contributed by atoms with Crippen LogP contribution in [-0.4, -0.2) is 55.6 Å². The number of thioether (sulfide) groups is 1. The van der Waals surface area contributed by atoms with E-state index in [1.807, 2.05) is 18.8 Å². The van der Waals surface area contributed by atoms with Crippen LogP contribution in [-0.2, 0) is 0 Å². The summed E-state index contributed by atoms with van der Waals surface area (Å²) in [4.78, 5) is 6.81. The molecule has 0 saturated carbocycles. The van der Waals surface area contributed by atoms with Crippen LogP contribution in [0.5, 0.6) is 0 Å². The Morgan fingerprint density at radius 1 is 1.13 bits per heavy atom. The highest BCUT2D eigenvalue weighted by Gasteiger charge is 2.18. The summed E-state index contributed by atoms with van der Waals surface area (Å²) in [7, 11) is 1.83. The number of benzene rings is 1. The number of aliphatic imine (C=N–C) groups is 1. The van der Waals surface area contributed by atoms with Crippen molar-refractivity contribution in [2.75, 3.05) is 39.5 Å². The van der Waals surface area contributed by atoms with Gasteiger partial charge in [-0.15, -0.1) is 0 Å². The van der Waals surface area contributed by atoms with E-state index in [4.69, 9.17) is 0 Å². The Labute approximate surface area is 146 Å². The first-order chi connectivity index (χ1) is 11.2. The summed E-state index contributed by atoms with van der Waals surface area (Å²) in [6, 6.07) is 11.1. The molecule has 5 heteroatoms. The first-order valence-corrected chi connectivity index (χ1v) is 9.71. The van der Waals surface area contributed by atoms with Crippen LogP contribution in [0.2, 0.25) is 0 Å². The van der Waals surface area contributed by atoms with Crippen LogP contribution in [0.15, 0.2) is 35.3 Å². The Bertz CT molecular complexity index is 446. The zero-order valence-corrected chi connectivity index (χ0v) is 16.0. The van der Waals surface area contributed by atoms with E-state index in [1.165, 1.54) is 5.56 Å². The van der Waals surface area contributed by atoms with E-state index in [2.05, 4.69) is 77.9 Å². The summed E-state index contributed by atoms with van der Waals surface area (Å²) >= 11 is 1.86. The Hall–Kier alpha value is -1.20. The van der Waals surface area contributed by atoms with E-state index in [0.29, 0.717) is 11.3 Å². The third-order valence-electron chi connectivity index (χ3n) is 4.08. The fourth-order valence-corrected chi connectivity index (χ4v) is 2.79. The molecule has 1 rings (SSSR count). The summed E-state index contributed by atoms with van der Waals surface area (Å²) in [5.41, 5.74) is 1.34. The standard InChI is InChI=1S/C18H32N4S/c1-6-22(7-2)17(16-11-9-8-10-12-16)14-21-18(19-4)20-13-15(3)23-5/h8-12,15,17H,6-7,13-14H2,1-5H3,(H2,19,20,21). The smallest absolute Gasteiger partial charge is 0.191 e. The second-order valence-electron chi connectivity index (χ2n) is 5.53. The Morgan fingerprint density at radius 3 is 2.26 bits per heavy atom. The summed E-state index contributed by atoms with van der Waals surface area (Å²) in [6.45, 7) is 10.5. The van der Waals surface area contributed by atoms with Crippen molar-refractivity contribution in [1.29, 1.82) is 0 Å². The number of rotatable bonds is 9. The van der Waals surface area contributed by atoms with Gasteiger partial charge in [-0.3, -0.25) is 9.89 Å². The summed E-state index contributed by atoms with van der Waals surface area (Å²) in [5.74, 6) is 0.874. The van der Waals surface area contributed by atoms with Crippen molar-refractivity contribution in [2.24, 2.45) is 4.99 Å². The minimum atomic E-state index is 0.350. The summed E-state index contributed by atoms with van der Waals surface area (Å²) < 4.78 is 0. The lowest BCUT2D eigenvalue weighted by molar-refractivity contribution is 0.219. The van der Waals surface area contributed by atoms with Crippen LogP contribution in [0, 0.1) is 0 Å². The maximum atomic E-state index is 4.34. The van der Waals surface area contributed by atoms with Gasteiger partial charge >= 0.3 is 0 Å². The van der Waals surface area contributed by atoms with Gasteiger partial charge in [-0.2, -0.15) is 11.8 Å². The van der Waals surface area contributed by atoms with Gasteiger partial charge in [0, 0.05) is 25.4 Å². The predicted molar refractivity (Wildman–Crippen MR) is 104 cm³/mol. The van der Waals surface area contributed by atoms with Gasteiger partial charge < -0.3 is 10.6 Å². The van der Waals surface area contributed by atoms with Crippen molar-refractivity contribution in [3.05, 3.63) is 35.9 Å². The molecule has 2 N–H and O–H groups in total. The Kier molecular flexibility index (Phi) is 9.80. The fraction of sp³-hybridized carbons (Fsp3) is 0.611. The number of likely N-dealkylation sites (N-methyl/N-ethyl adjacent to an activating group) is 1. The van der Waals surface area contributed by atoms with Gasteiger partial charge in [0.25, 0.3) is 0 Å². The molecule has 0 fully saturated rings. The molecule has 0 amide bonds. The number of nitrogens with one attached hydrogen (secondary N) is 2. The van der Waals surface area contributed by atoms with Crippen molar-refractivity contribution in [3.63, 3.8) is 0 Å². The Balaban J connectivity index is 2.70. The minimum absolute atomic E-state index is 0.350. The number of guanidine groups is 1. The van der Waals surface area contributed by atoms with E-state index in [9.17, 15) is 0 Å². The second-order valence-corrected chi connectivity index (χ2v) is 6.80. The van der Waals surface area contributed by atoms with Gasteiger partial charge in [-0.05, 0) is 24.9 Å². The van der Waals surface area contributed by atoms with Gasteiger partial charge in [0.1, 0.15) is 0 Å². The molecule has 1 aromatic carbocycles. The van der Waals surface area contributed by atoms with E-state index in [0.717, 1.165) is 32.1 Å². The molecule has 0 saturated heterocycles. The van der Waals surface area contributed by atoms with Gasteiger partial charge in [-0.1, -0.05) is 51.1 Å². The average Bonchev–Trinajstić information content (AvgIpc) is 2.61. The van der Waals surface area contributed by atoms with Crippen LogP contribution in [0.1, 0.15) is 32.4 Å². The monoisotopic (exact) mass is 336 g/mol. The lowest BCUT2D eigenvalue weighted by Gasteiger charge is -2.31. The summed E-state index contributed by atoms with van der Waals surface area (Å²) in [6.07, 6.45) is 2.13. The van der Waals surface area contributed by atoms with Crippen molar-refractivity contribution >= 4 is 17.7 Å². The average molecular weight is 337 g/mol. The normalized spacial score (nSPS) is 14.6. The van der Waals surface area contributed by atoms with E-state index < -0.39 is 0 Å². The molecule has 0 aliphatic carbocycles. The van der Waals surface area contributed by atoms with Crippen molar-refractivity contribution in [2.45, 2.75) is 32.1 Å². The molecule has 0 aliphatic rings. The van der Waals surface area contributed by atoms with Gasteiger partial charge in [0.05, 0.1) is 6.04 Å². The van der Waals surface area contributed by atoms with Crippen LogP contribution < -0.4 is 10.6 Å². The second kappa shape index (κ2) is 11.4. The minimum Gasteiger partial charge on any atom is -0.355 e. The quantitative estimate of drug-likeness (QED) is 0.537. The zero-order valence-electron chi connectivity index (χ0n) is 15.2. The molecule has 0 bridgehead atoms. The topological polar surface area (TPSA) is 39.7 Å². The molecule has 130 valence electrons. The van der Waals surface area contributed by atoms with Crippen LogP contribution in [0.25, 0.3) is 0 Å². The molecule has 4 nitrogen and oxygen atoms in total. The van der Waals surface area contributed by atoms with Gasteiger partial charge in [0.2, 0.25) is 0 Å². The van der Waals surface area contributed by atoms with Crippen LogP contribution in [0.3, 0.4) is 0 Å². The highest BCUT2D eigenvalue weighted by molar-refractivity contribution is 7.99. The van der Waals surface area contributed by atoms with E-state index in [-0.39, 0.29) is 0 Å². The maximum Gasteiger partial charge on any atom is 0.191 e. The SMILES string of the molecule is CCN(CC)C(CNC(=NC)NCC(C)SC)c1ccccc1. The molecule has 0 heterocycles. The lowest BCUT2D eigenvalue weighted by Crippen LogP contribution is -2.44. The summed E-state index contributed by atoms with van der Waals surface area (Å²) in [5, 5.41) is 7.46. The predicted octanol–water partition coefficient (Wildman–Crippen LogP) is 2.99. The van der Waals surface area contributed by atoms with Gasteiger partial charge in [0.15, 0.2) is 5.96 Å². The maximum absolute atomic E-state index is 4.34. The number of nitrogens with zero attached hydrogens (tertiary/aromatic N) is 2. The van der Waals surface area contributed by atoms with Crippen molar-refractivity contribution in [1.82, 2.24) is 15.5 Å². The molecule has 0 aliphatic heterocycles. The lowest BCUT2D eigenvalue weighted by atomic mass is 10.1. The fourth-order valence-electron chi connectivity index (χ4n) is 2.54. The van der Waals surface area contributed by atoms with E-state index >= 15 is 0 Å². The largest absolute Gasteiger partial charge is 0.355 e. The highest BCUT2D eigenvalue weighted by atomic mass is 32.2. The first kappa shape index (κ1) is 19.8. The third kappa shape index (κ3) is 6.83. The molecular weight excluding hydrogens is 304 g/mol. The number of hydrogen-bond donors (Lipinski definition) is 2. The molecule has 2 atom stereocenters. The molecule has 0 spiro atoms. The number of hydrogen-bond acceptors (Lipinski definition) is 3. The van der Waals surface area contributed by atoms with Crippen LogP contribution in [0.4, 0.5) is 0 Å². The van der Waals surface area contributed by atoms with Gasteiger partial charge in [-0.25, -0.2) is 0 Å². The zero-order chi connectivity index (χ0) is 17.1. The first-order valence-electron chi connectivity index (χ1n) is 8.42. The molecule has 23 heavy (non-hydrogen) atoms. The highest BCUT2D eigenvalue weighted by Crippen LogP contribution is 2.19. The van der Waals surface area contributed by atoms with E-state index in [1.54, 1.807) is 0 Å². The molecule has 0 aromatic heterocycles. The third-order valence-corrected chi connectivity index (χ3v) is 5.05. The molecule has 2 unspecified atom stereocenters. The molecular formula is C18H32N4S. The van der Waals surface area contributed by atoms with Crippen LogP contribution >= 0.6 is 11.8 Å². The van der Waals surface area contributed by atoms with Crippen molar-refractivity contribution in [3.8, 4) is 0 Å². The van der Waals surface area contributed by atoms with Crippen molar-refractivity contribution < 1.29 is 0 Å². The molecule has 1 aromatic rings.